The van der Waals surface area contributed by atoms with Crippen molar-refractivity contribution in [2.75, 3.05) is 13.7 Å². The van der Waals surface area contributed by atoms with Gasteiger partial charge in [0, 0.05) is 6.54 Å². The second kappa shape index (κ2) is 7.67. The van der Waals surface area contributed by atoms with Gasteiger partial charge in [-0.2, -0.15) is 0 Å². The zero-order valence-corrected chi connectivity index (χ0v) is 12.9. The topological polar surface area (TPSA) is 47.6 Å². The quantitative estimate of drug-likeness (QED) is 0.902. The third kappa shape index (κ3) is 6.79. The van der Waals surface area contributed by atoms with Crippen LogP contribution in [0.5, 0.6) is 5.75 Å². The van der Waals surface area contributed by atoms with Crippen LogP contribution in [0.15, 0.2) is 36.2 Å². The molecule has 0 aliphatic carbocycles. The van der Waals surface area contributed by atoms with Crippen LogP contribution in [0, 0.1) is 0 Å². The Labute approximate surface area is 124 Å². The fourth-order valence-electron chi connectivity index (χ4n) is 1.65. The van der Waals surface area contributed by atoms with Crippen LogP contribution in [-0.4, -0.2) is 25.3 Å². The molecular formula is C16H22FNO3. The number of nitrogens with one attached hydrogen (secondary N) is 1. The van der Waals surface area contributed by atoms with Crippen LogP contribution in [0.25, 0.3) is 0 Å². The molecule has 0 fully saturated rings. The van der Waals surface area contributed by atoms with E-state index in [1.54, 1.807) is 27.9 Å². The van der Waals surface area contributed by atoms with Gasteiger partial charge in [0.2, 0.25) is 0 Å². The number of carbonyl (C=O) groups excluding carboxylic acids is 1. The highest BCUT2D eigenvalue weighted by molar-refractivity contribution is 5.68. The summed E-state index contributed by atoms with van der Waals surface area (Å²) in [5.41, 5.74) is 0.830. The van der Waals surface area contributed by atoms with Crippen LogP contribution in [0.4, 0.5) is 9.18 Å². The van der Waals surface area contributed by atoms with E-state index in [2.05, 4.69) is 5.32 Å². The second-order valence-electron chi connectivity index (χ2n) is 5.65. The zero-order valence-electron chi connectivity index (χ0n) is 12.9. The number of benzene rings is 1. The van der Waals surface area contributed by atoms with Gasteiger partial charge in [-0.05, 0) is 50.5 Å². The van der Waals surface area contributed by atoms with Crippen molar-refractivity contribution in [3.05, 3.63) is 41.7 Å². The molecule has 0 saturated carbocycles. The number of methoxy groups -OCH3 is 1. The van der Waals surface area contributed by atoms with Crippen LogP contribution in [0.1, 0.15) is 26.3 Å². The summed E-state index contributed by atoms with van der Waals surface area (Å²) in [4.78, 5) is 11.5. The first-order valence-corrected chi connectivity index (χ1v) is 6.72. The molecule has 0 aromatic heterocycles. The highest BCUT2D eigenvalue weighted by atomic mass is 19.1. The van der Waals surface area contributed by atoms with Gasteiger partial charge >= 0.3 is 6.09 Å². The number of ether oxygens (including phenoxy) is 2. The molecule has 0 aliphatic rings. The van der Waals surface area contributed by atoms with Gasteiger partial charge in [-0.15, -0.1) is 0 Å². The predicted molar refractivity (Wildman–Crippen MR) is 80.1 cm³/mol. The number of alkyl carbamates (subject to hydrolysis) is 1. The predicted octanol–water partition coefficient (Wildman–Crippen LogP) is 3.62. The minimum absolute atomic E-state index is 0.109. The first-order chi connectivity index (χ1) is 9.84. The van der Waals surface area contributed by atoms with Crippen molar-refractivity contribution >= 4 is 6.09 Å². The van der Waals surface area contributed by atoms with Gasteiger partial charge < -0.3 is 14.8 Å². The van der Waals surface area contributed by atoms with E-state index < -0.39 is 11.7 Å². The molecule has 116 valence electrons. The van der Waals surface area contributed by atoms with Crippen molar-refractivity contribution in [2.24, 2.45) is 0 Å². The maximum Gasteiger partial charge on any atom is 0.407 e. The third-order valence-electron chi connectivity index (χ3n) is 2.60. The highest BCUT2D eigenvalue weighted by Gasteiger charge is 2.16. The van der Waals surface area contributed by atoms with Gasteiger partial charge in [-0.3, -0.25) is 0 Å². The van der Waals surface area contributed by atoms with E-state index in [4.69, 9.17) is 9.47 Å². The average Bonchev–Trinajstić information content (AvgIpc) is 2.42. The molecule has 1 rings (SSSR count). The van der Waals surface area contributed by atoms with E-state index in [1.165, 1.54) is 0 Å². The van der Waals surface area contributed by atoms with E-state index in [0.29, 0.717) is 18.3 Å². The molecule has 1 N–H and O–H groups in total. The number of amides is 1. The molecule has 5 heteroatoms. The van der Waals surface area contributed by atoms with Gasteiger partial charge in [0.25, 0.3) is 0 Å². The third-order valence-corrected chi connectivity index (χ3v) is 2.60. The molecule has 21 heavy (non-hydrogen) atoms. The monoisotopic (exact) mass is 295 g/mol. The minimum atomic E-state index is -0.570. The Morgan fingerprint density at radius 3 is 2.38 bits per heavy atom. The summed E-state index contributed by atoms with van der Waals surface area (Å²) in [7, 11) is 1.59. The van der Waals surface area contributed by atoms with Crippen molar-refractivity contribution < 1.29 is 18.7 Å². The van der Waals surface area contributed by atoms with Gasteiger partial charge in [0.1, 0.15) is 11.4 Å². The van der Waals surface area contributed by atoms with E-state index in [-0.39, 0.29) is 6.54 Å². The van der Waals surface area contributed by atoms with E-state index in [9.17, 15) is 9.18 Å². The van der Waals surface area contributed by atoms with Crippen molar-refractivity contribution in [1.29, 1.82) is 0 Å². The maximum absolute atomic E-state index is 12.9. The Morgan fingerprint density at radius 1 is 1.29 bits per heavy atom. The zero-order chi connectivity index (χ0) is 15.9. The standard InChI is InChI=1S/C16H22FNO3/c1-16(2,3)21-15(19)18-11-13(10-17)9-12-5-7-14(20-4)8-6-12/h5-8,10H,9,11H2,1-4H3,(H,18,19)/b13-10-. The van der Waals surface area contributed by atoms with Crippen LogP contribution in [0.3, 0.4) is 0 Å². The summed E-state index contributed by atoms with van der Waals surface area (Å²) >= 11 is 0. The molecule has 1 aromatic carbocycles. The molecule has 0 unspecified atom stereocenters. The van der Waals surface area contributed by atoms with Gasteiger partial charge in [0.05, 0.1) is 13.4 Å². The first kappa shape index (κ1) is 17.0. The SMILES string of the molecule is COc1ccc(C/C(=C/F)CNC(=O)OC(C)(C)C)cc1. The summed E-state index contributed by atoms with van der Waals surface area (Å²) in [5.74, 6) is 0.747. The fraction of sp³-hybridized carbons (Fsp3) is 0.438. The normalized spacial score (nSPS) is 12.0. The molecule has 0 atom stereocenters. The van der Waals surface area contributed by atoms with Gasteiger partial charge in [-0.1, -0.05) is 12.1 Å². The second-order valence-corrected chi connectivity index (χ2v) is 5.65. The Bertz CT molecular complexity index is 489. The number of halogens is 1. The largest absolute Gasteiger partial charge is 0.497 e. The molecular weight excluding hydrogens is 273 g/mol. The Kier molecular flexibility index (Phi) is 6.21. The van der Waals surface area contributed by atoms with Crippen molar-refractivity contribution in [3.63, 3.8) is 0 Å². The lowest BCUT2D eigenvalue weighted by atomic mass is 10.1. The highest BCUT2D eigenvalue weighted by Crippen LogP contribution is 2.14. The average molecular weight is 295 g/mol. The maximum atomic E-state index is 12.9. The van der Waals surface area contributed by atoms with Crippen molar-refractivity contribution in [2.45, 2.75) is 32.8 Å². The summed E-state index contributed by atoms with van der Waals surface area (Å²) < 4.78 is 23.1. The number of carbonyl (C=O) groups is 1. The Balaban J connectivity index is 2.50. The van der Waals surface area contributed by atoms with Crippen LogP contribution >= 0.6 is 0 Å². The van der Waals surface area contributed by atoms with Gasteiger partial charge in [0.15, 0.2) is 0 Å². The van der Waals surface area contributed by atoms with Crippen molar-refractivity contribution in [3.8, 4) is 5.75 Å². The lowest BCUT2D eigenvalue weighted by Gasteiger charge is -2.20. The van der Waals surface area contributed by atoms with E-state index >= 15 is 0 Å². The van der Waals surface area contributed by atoms with Crippen molar-refractivity contribution in [1.82, 2.24) is 5.32 Å². The number of rotatable bonds is 5. The molecule has 0 radical (unpaired) electrons. The van der Waals surface area contributed by atoms with E-state index in [1.807, 2.05) is 24.3 Å². The summed E-state index contributed by atoms with van der Waals surface area (Å²) in [6.07, 6.45) is 0.370. The molecule has 0 aliphatic heterocycles. The molecule has 0 bridgehead atoms. The lowest BCUT2D eigenvalue weighted by Crippen LogP contribution is -2.33. The number of hydrogen-bond acceptors (Lipinski definition) is 3. The smallest absolute Gasteiger partial charge is 0.407 e. The molecule has 0 saturated heterocycles. The Hall–Kier alpha value is -2.04. The Morgan fingerprint density at radius 2 is 1.90 bits per heavy atom. The molecule has 0 heterocycles. The summed E-state index contributed by atoms with van der Waals surface area (Å²) in [6.45, 7) is 5.43. The minimum Gasteiger partial charge on any atom is -0.497 e. The van der Waals surface area contributed by atoms with Crippen LogP contribution in [-0.2, 0) is 11.2 Å². The summed E-state index contributed by atoms with van der Waals surface area (Å²) in [5, 5.41) is 2.54. The molecule has 1 amide bonds. The summed E-state index contributed by atoms with van der Waals surface area (Å²) in [6, 6.07) is 7.34. The van der Waals surface area contributed by atoms with Crippen LogP contribution in [0.2, 0.25) is 0 Å². The lowest BCUT2D eigenvalue weighted by molar-refractivity contribution is 0.0532. The van der Waals surface area contributed by atoms with Gasteiger partial charge in [-0.25, -0.2) is 9.18 Å². The number of hydrogen-bond donors (Lipinski definition) is 1. The van der Waals surface area contributed by atoms with Crippen LogP contribution < -0.4 is 10.1 Å². The molecule has 0 spiro atoms. The first-order valence-electron chi connectivity index (χ1n) is 6.72. The van der Waals surface area contributed by atoms with E-state index in [0.717, 1.165) is 11.3 Å². The fourth-order valence-corrected chi connectivity index (χ4v) is 1.65. The molecule has 4 nitrogen and oxygen atoms in total. The molecule has 1 aromatic rings.